The fraction of sp³-hybridized carbons (Fsp3) is 0.174. The summed E-state index contributed by atoms with van der Waals surface area (Å²) in [7, 11) is -0.525. The zero-order valence-electron chi connectivity index (χ0n) is 16.2. The Labute approximate surface area is 177 Å². The minimum Gasteiger partial charge on any atom is -0.282 e. The molecule has 3 aromatic carbocycles. The Hall–Kier alpha value is -1.94. The van der Waals surface area contributed by atoms with Crippen molar-refractivity contribution in [3.63, 3.8) is 0 Å². The van der Waals surface area contributed by atoms with E-state index in [0.717, 1.165) is 27.5 Å². The van der Waals surface area contributed by atoms with Gasteiger partial charge < -0.3 is 0 Å². The predicted molar refractivity (Wildman–Crippen MR) is 126 cm³/mol. The van der Waals surface area contributed by atoms with Gasteiger partial charge in [-0.3, -0.25) is 4.79 Å². The Bertz CT molecular complexity index is 1260. The van der Waals surface area contributed by atoms with Crippen molar-refractivity contribution in [3.8, 4) is 0 Å². The van der Waals surface area contributed by atoms with Crippen LogP contribution in [0.25, 0.3) is 21.9 Å². The highest BCUT2D eigenvalue weighted by Gasteiger charge is 2.42. The normalized spacial score (nSPS) is 19.9. The van der Waals surface area contributed by atoms with Crippen LogP contribution in [0.4, 0.5) is 0 Å². The number of fused-ring (bicyclic) bond motifs is 1. The van der Waals surface area contributed by atoms with Gasteiger partial charge in [-0.05, 0) is 58.8 Å². The molecule has 6 heteroatoms. The van der Waals surface area contributed by atoms with Gasteiger partial charge in [-0.15, -0.1) is 9.24 Å². The molecule has 29 heavy (non-hydrogen) atoms. The van der Waals surface area contributed by atoms with Gasteiger partial charge in [-0.25, -0.2) is 8.42 Å². The van der Waals surface area contributed by atoms with E-state index in [9.17, 15) is 13.2 Å². The lowest BCUT2D eigenvalue weighted by molar-refractivity contribution is -0.106. The van der Waals surface area contributed by atoms with Gasteiger partial charge in [-0.1, -0.05) is 60.3 Å². The maximum Gasteiger partial charge on any atom is 0.221 e. The third kappa shape index (κ3) is 3.68. The second-order valence-corrected chi connectivity index (χ2v) is 11.3. The number of hydrogen-bond acceptors (Lipinski definition) is 4. The number of thioether (sulfide) groups is 1. The molecule has 148 valence electrons. The monoisotopic (exact) mass is 440 g/mol. The molecule has 0 fully saturated rings. The zero-order chi connectivity index (χ0) is 20.8. The first-order chi connectivity index (χ1) is 13.7. The average Bonchev–Trinajstić information content (AvgIpc) is 2.98. The van der Waals surface area contributed by atoms with E-state index in [1.54, 1.807) is 12.1 Å². The van der Waals surface area contributed by atoms with E-state index in [0.29, 0.717) is 11.7 Å². The molecule has 0 aromatic heterocycles. The van der Waals surface area contributed by atoms with Gasteiger partial charge in [0.25, 0.3) is 0 Å². The lowest BCUT2D eigenvalue weighted by atomic mass is 9.87. The largest absolute Gasteiger partial charge is 0.282 e. The molecule has 2 unspecified atom stereocenters. The Morgan fingerprint density at radius 2 is 1.55 bits per heavy atom. The number of carbonyl (C=O) groups is 1. The fourth-order valence-electron chi connectivity index (χ4n) is 3.74. The lowest BCUT2D eigenvalue weighted by Gasteiger charge is -2.25. The van der Waals surface area contributed by atoms with Crippen LogP contribution in [0.1, 0.15) is 18.1 Å². The van der Waals surface area contributed by atoms with Gasteiger partial charge in [0.1, 0.15) is 0 Å². The number of rotatable bonds is 4. The molecule has 0 amide bonds. The SMILES string of the molecule is CC1(CP)SC(=O)C(c2ccc3ccccc3c2)=C1c1ccc(S(C)(=O)=O)cc1. The van der Waals surface area contributed by atoms with Crippen LogP contribution in [-0.4, -0.2) is 30.7 Å². The van der Waals surface area contributed by atoms with E-state index in [-0.39, 0.29) is 10.0 Å². The Morgan fingerprint density at radius 1 is 0.931 bits per heavy atom. The standard InChI is InChI=1S/C23H21O3PS2/c1-23(14-27)21(16-9-11-19(12-10-16)29(2,25)26)20(22(24)28-23)18-8-7-15-5-3-4-6-17(15)13-18/h3-13H,14,27H2,1-2H3. The molecule has 3 nitrogen and oxygen atoms in total. The molecular weight excluding hydrogens is 419 g/mol. The smallest absolute Gasteiger partial charge is 0.221 e. The van der Waals surface area contributed by atoms with E-state index in [1.807, 2.05) is 42.5 Å². The van der Waals surface area contributed by atoms with Gasteiger partial charge in [0, 0.05) is 11.8 Å². The van der Waals surface area contributed by atoms with Crippen molar-refractivity contribution in [1.82, 2.24) is 0 Å². The van der Waals surface area contributed by atoms with Crippen LogP contribution in [0.5, 0.6) is 0 Å². The molecule has 0 saturated heterocycles. The van der Waals surface area contributed by atoms with Crippen LogP contribution in [0, 0.1) is 0 Å². The molecule has 0 radical (unpaired) electrons. The van der Waals surface area contributed by atoms with E-state index < -0.39 is 14.6 Å². The Kier molecular flexibility index (Phi) is 5.18. The van der Waals surface area contributed by atoms with Gasteiger partial charge >= 0.3 is 0 Å². The zero-order valence-corrected chi connectivity index (χ0v) is 19.0. The van der Waals surface area contributed by atoms with Crippen LogP contribution in [0.2, 0.25) is 0 Å². The summed E-state index contributed by atoms with van der Waals surface area (Å²) in [5, 5.41) is 2.26. The van der Waals surface area contributed by atoms with Gasteiger partial charge in [0.05, 0.1) is 9.64 Å². The number of sulfone groups is 1. The summed E-state index contributed by atoms with van der Waals surface area (Å²) in [4.78, 5) is 13.4. The molecule has 0 saturated carbocycles. The molecular formula is C23H21O3PS2. The molecule has 0 spiro atoms. The summed E-state index contributed by atoms with van der Waals surface area (Å²) in [6.07, 6.45) is 1.91. The topological polar surface area (TPSA) is 51.2 Å². The van der Waals surface area contributed by atoms with E-state index >= 15 is 0 Å². The Balaban J connectivity index is 1.95. The van der Waals surface area contributed by atoms with Crippen molar-refractivity contribution in [3.05, 3.63) is 77.9 Å². The molecule has 0 aliphatic carbocycles. The average molecular weight is 441 g/mol. The first-order valence-corrected chi connectivity index (χ1v) is 12.7. The van der Waals surface area contributed by atoms with Gasteiger partial charge in [0.2, 0.25) is 5.12 Å². The summed E-state index contributed by atoms with van der Waals surface area (Å²) < 4.78 is 23.3. The Morgan fingerprint density at radius 3 is 2.17 bits per heavy atom. The number of carbonyl (C=O) groups excluding carboxylic acids is 1. The number of hydrogen-bond donors (Lipinski definition) is 0. The van der Waals surface area contributed by atoms with Crippen LogP contribution < -0.4 is 0 Å². The predicted octanol–water partition coefficient (Wildman–Crippen LogP) is 5.06. The lowest BCUT2D eigenvalue weighted by Crippen LogP contribution is -2.21. The number of benzene rings is 3. The van der Waals surface area contributed by atoms with Crippen LogP contribution in [-0.2, 0) is 14.6 Å². The summed E-state index contributed by atoms with van der Waals surface area (Å²) >= 11 is 1.34. The second-order valence-electron chi connectivity index (χ2n) is 7.43. The van der Waals surface area contributed by atoms with Gasteiger partial charge in [-0.2, -0.15) is 0 Å². The quantitative estimate of drug-likeness (QED) is 0.532. The highest BCUT2D eigenvalue weighted by Crippen LogP contribution is 2.52. The summed E-state index contributed by atoms with van der Waals surface area (Å²) in [5.41, 5.74) is 3.44. The van der Waals surface area contributed by atoms with Crippen molar-refractivity contribution >= 4 is 57.9 Å². The third-order valence-corrected chi connectivity index (χ3v) is 8.75. The molecule has 2 atom stereocenters. The summed E-state index contributed by atoms with van der Waals surface area (Å²) in [6.45, 7) is 2.07. The van der Waals surface area contributed by atoms with Crippen molar-refractivity contribution in [2.24, 2.45) is 0 Å². The first-order valence-electron chi connectivity index (χ1n) is 9.21. The van der Waals surface area contributed by atoms with Crippen LogP contribution in [0.3, 0.4) is 0 Å². The highest BCUT2D eigenvalue weighted by molar-refractivity contribution is 8.17. The maximum absolute atomic E-state index is 13.1. The fourth-order valence-corrected chi connectivity index (χ4v) is 5.96. The summed E-state index contributed by atoms with van der Waals surface area (Å²) in [6, 6.07) is 21.0. The molecule has 3 aromatic rings. The van der Waals surface area contributed by atoms with Crippen LogP contribution >= 0.6 is 21.0 Å². The van der Waals surface area contributed by atoms with E-state index in [4.69, 9.17) is 0 Å². The molecule has 0 bridgehead atoms. The van der Waals surface area contributed by atoms with Gasteiger partial charge in [0.15, 0.2) is 9.84 Å². The molecule has 4 rings (SSSR count). The third-order valence-electron chi connectivity index (χ3n) is 5.30. The second kappa shape index (κ2) is 7.39. The molecule has 1 aliphatic rings. The van der Waals surface area contributed by atoms with E-state index in [1.165, 1.54) is 18.0 Å². The molecule has 1 heterocycles. The van der Waals surface area contributed by atoms with E-state index in [2.05, 4.69) is 28.3 Å². The first kappa shape index (κ1) is 20.3. The summed E-state index contributed by atoms with van der Waals surface area (Å²) in [5.74, 6) is 0. The van der Waals surface area contributed by atoms with Crippen molar-refractivity contribution in [1.29, 1.82) is 0 Å². The maximum atomic E-state index is 13.1. The van der Waals surface area contributed by atoms with Crippen molar-refractivity contribution in [2.45, 2.75) is 16.6 Å². The minimum atomic E-state index is -3.27. The minimum absolute atomic E-state index is 0.0485. The van der Waals surface area contributed by atoms with Crippen molar-refractivity contribution in [2.75, 3.05) is 12.4 Å². The van der Waals surface area contributed by atoms with Crippen LogP contribution in [0.15, 0.2) is 71.6 Å². The molecule has 1 aliphatic heterocycles. The highest BCUT2D eigenvalue weighted by atomic mass is 32.2. The molecule has 0 N–H and O–H groups in total. The van der Waals surface area contributed by atoms with Crippen molar-refractivity contribution < 1.29 is 13.2 Å².